The van der Waals surface area contributed by atoms with Gasteiger partial charge in [-0.25, -0.2) is 0 Å². The molecule has 2 unspecified atom stereocenters. The van der Waals surface area contributed by atoms with Crippen LogP contribution in [0.1, 0.15) is 44.1 Å². The van der Waals surface area contributed by atoms with Gasteiger partial charge in [-0.3, -0.25) is 0 Å². The summed E-state index contributed by atoms with van der Waals surface area (Å²) in [5.74, 6) is 1.01. The Morgan fingerprint density at radius 3 is 2.95 bits per heavy atom. The van der Waals surface area contributed by atoms with Crippen molar-refractivity contribution >= 4 is 5.69 Å². The molecule has 19 heavy (non-hydrogen) atoms. The highest BCUT2D eigenvalue weighted by atomic mass is 15.2. The second-order valence-corrected chi connectivity index (χ2v) is 6.29. The fourth-order valence-electron chi connectivity index (χ4n) is 4.02. The number of fused-ring (bicyclic) bond motifs is 1. The van der Waals surface area contributed by atoms with Gasteiger partial charge in [-0.15, -0.1) is 0 Å². The molecule has 1 aliphatic heterocycles. The number of nitrogens with two attached hydrogens (primary N) is 1. The molecule has 2 heteroatoms. The van der Waals surface area contributed by atoms with Crippen molar-refractivity contribution in [3.05, 3.63) is 29.8 Å². The summed E-state index contributed by atoms with van der Waals surface area (Å²) in [6.45, 7) is 2.61. The first-order chi connectivity index (χ1) is 9.33. The van der Waals surface area contributed by atoms with E-state index in [1.54, 1.807) is 0 Å². The summed E-state index contributed by atoms with van der Waals surface area (Å²) < 4.78 is 0. The van der Waals surface area contributed by atoms with Crippen molar-refractivity contribution in [2.75, 3.05) is 18.8 Å². The predicted octanol–water partition coefficient (Wildman–Crippen LogP) is 3.47. The Bertz CT molecular complexity index is 415. The topological polar surface area (TPSA) is 29.3 Å². The van der Waals surface area contributed by atoms with Crippen LogP contribution in [0.5, 0.6) is 0 Å². The maximum Gasteiger partial charge on any atom is 0.0316 e. The van der Waals surface area contributed by atoms with Gasteiger partial charge < -0.3 is 10.6 Å². The van der Waals surface area contributed by atoms with E-state index in [2.05, 4.69) is 23.1 Å². The minimum atomic E-state index is 0.894. The van der Waals surface area contributed by atoms with Crippen molar-refractivity contribution in [2.45, 2.75) is 51.0 Å². The number of benzene rings is 1. The molecule has 1 aliphatic carbocycles. The second kappa shape index (κ2) is 5.96. The lowest BCUT2D eigenvalue weighted by molar-refractivity contribution is 0.181. The van der Waals surface area contributed by atoms with Gasteiger partial charge in [0.15, 0.2) is 0 Å². The van der Waals surface area contributed by atoms with Crippen molar-refractivity contribution in [1.82, 2.24) is 4.90 Å². The first-order valence-electron chi connectivity index (χ1n) is 7.91. The van der Waals surface area contributed by atoms with Crippen LogP contribution in [0, 0.1) is 5.92 Å². The molecule has 3 rings (SSSR count). The lowest BCUT2D eigenvalue weighted by Crippen LogP contribution is -2.35. The quantitative estimate of drug-likeness (QED) is 0.838. The fourth-order valence-corrected chi connectivity index (χ4v) is 4.02. The van der Waals surface area contributed by atoms with Crippen molar-refractivity contribution < 1.29 is 0 Å². The zero-order chi connectivity index (χ0) is 13.1. The van der Waals surface area contributed by atoms with E-state index in [9.17, 15) is 0 Å². The molecule has 1 aromatic rings. The average molecular weight is 258 g/mol. The third-order valence-corrected chi connectivity index (χ3v) is 4.99. The molecule has 2 nitrogen and oxygen atoms in total. The number of nitrogen functional groups attached to an aromatic ring is 1. The molecule has 0 spiro atoms. The molecule has 2 atom stereocenters. The molecular weight excluding hydrogens is 232 g/mol. The Kier molecular flexibility index (Phi) is 4.07. The van der Waals surface area contributed by atoms with Gasteiger partial charge in [-0.2, -0.15) is 0 Å². The smallest absolute Gasteiger partial charge is 0.0316 e. The summed E-state index contributed by atoms with van der Waals surface area (Å²) in [6, 6.07) is 9.26. The third kappa shape index (κ3) is 3.11. The monoisotopic (exact) mass is 258 g/mol. The van der Waals surface area contributed by atoms with Crippen LogP contribution in [0.4, 0.5) is 5.69 Å². The van der Waals surface area contributed by atoms with Gasteiger partial charge in [0.1, 0.15) is 0 Å². The first-order valence-corrected chi connectivity index (χ1v) is 7.91. The highest BCUT2D eigenvalue weighted by molar-refractivity contribution is 5.40. The maximum absolute atomic E-state index is 5.83. The largest absolute Gasteiger partial charge is 0.399 e. The molecule has 2 N–H and O–H groups in total. The maximum atomic E-state index is 5.83. The van der Waals surface area contributed by atoms with Crippen molar-refractivity contribution in [1.29, 1.82) is 0 Å². The molecule has 0 amide bonds. The van der Waals surface area contributed by atoms with Crippen molar-refractivity contribution in [2.24, 2.45) is 5.92 Å². The van der Waals surface area contributed by atoms with Gasteiger partial charge in [0.25, 0.3) is 0 Å². The molecule has 2 aliphatic rings. The van der Waals surface area contributed by atoms with Crippen LogP contribution in [0.3, 0.4) is 0 Å². The first kappa shape index (κ1) is 13.0. The van der Waals surface area contributed by atoms with E-state index in [0.717, 1.165) is 17.6 Å². The van der Waals surface area contributed by atoms with Crippen LogP contribution >= 0.6 is 0 Å². The zero-order valence-electron chi connectivity index (χ0n) is 11.9. The molecule has 1 saturated carbocycles. The fraction of sp³-hybridized carbons (Fsp3) is 0.647. The molecule has 0 bridgehead atoms. The Morgan fingerprint density at radius 2 is 2.05 bits per heavy atom. The van der Waals surface area contributed by atoms with E-state index < -0.39 is 0 Å². The van der Waals surface area contributed by atoms with Gasteiger partial charge in [0.05, 0.1) is 0 Å². The Hall–Kier alpha value is -1.02. The number of anilines is 1. The van der Waals surface area contributed by atoms with E-state index >= 15 is 0 Å². The van der Waals surface area contributed by atoms with Gasteiger partial charge in [0.2, 0.25) is 0 Å². The van der Waals surface area contributed by atoms with E-state index in [4.69, 9.17) is 5.73 Å². The van der Waals surface area contributed by atoms with Gasteiger partial charge in [-0.1, -0.05) is 25.0 Å². The highest BCUT2D eigenvalue weighted by Gasteiger charge is 2.34. The summed E-state index contributed by atoms with van der Waals surface area (Å²) in [4.78, 5) is 2.76. The lowest BCUT2D eigenvalue weighted by Gasteiger charge is -2.31. The Morgan fingerprint density at radius 1 is 1.16 bits per heavy atom. The molecule has 0 radical (unpaired) electrons. The van der Waals surface area contributed by atoms with Crippen LogP contribution in [0.15, 0.2) is 24.3 Å². The van der Waals surface area contributed by atoms with Crippen LogP contribution in [0.2, 0.25) is 0 Å². The number of nitrogens with zero attached hydrogens (tertiary/aromatic N) is 1. The van der Waals surface area contributed by atoms with Crippen LogP contribution in [-0.2, 0) is 6.42 Å². The third-order valence-electron chi connectivity index (χ3n) is 4.99. The molecule has 104 valence electrons. The van der Waals surface area contributed by atoms with Crippen molar-refractivity contribution in [3.63, 3.8) is 0 Å². The highest BCUT2D eigenvalue weighted by Crippen LogP contribution is 2.36. The number of hydrogen-bond donors (Lipinski definition) is 1. The lowest BCUT2D eigenvalue weighted by atomic mass is 9.85. The molecular formula is C17H26N2. The van der Waals surface area contributed by atoms with Crippen molar-refractivity contribution in [3.8, 4) is 0 Å². The van der Waals surface area contributed by atoms with Crippen LogP contribution in [0.25, 0.3) is 0 Å². The summed E-state index contributed by atoms with van der Waals surface area (Å²) >= 11 is 0. The van der Waals surface area contributed by atoms with Crippen LogP contribution < -0.4 is 5.73 Å². The summed E-state index contributed by atoms with van der Waals surface area (Å²) in [6.07, 6.45) is 9.74. The van der Waals surface area contributed by atoms with Gasteiger partial charge in [0, 0.05) is 11.7 Å². The minimum Gasteiger partial charge on any atom is -0.399 e. The van der Waals surface area contributed by atoms with E-state index in [1.165, 1.54) is 63.6 Å². The number of rotatable bonds is 4. The standard InChI is InChI=1S/C17H26N2/c18-16-8-3-5-14(13-16)6-4-11-19-12-10-15-7-1-2-9-17(15)19/h3,5,8,13,15,17H,1-2,4,6-7,9-12,18H2. The van der Waals surface area contributed by atoms with Crippen LogP contribution in [-0.4, -0.2) is 24.0 Å². The molecule has 1 aromatic carbocycles. The zero-order valence-corrected chi connectivity index (χ0v) is 11.9. The van der Waals surface area contributed by atoms with E-state index in [-0.39, 0.29) is 0 Å². The van der Waals surface area contributed by atoms with Gasteiger partial charge in [-0.05, 0) is 68.8 Å². The number of aryl methyl sites for hydroxylation is 1. The Balaban J connectivity index is 1.47. The summed E-state index contributed by atoms with van der Waals surface area (Å²) in [5, 5.41) is 0. The number of likely N-dealkylation sites (tertiary alicyclic amines) is 1. The molecule has 1 saturated heterocycles. The summed E-state index contributed by atoms with van der Waals surface area (Å²) in [7, 11) is 0. The normalized spacial score (nSPS) is 27.4. The molecule has 1 heterocycles. The predicted molar refractivity (Wildman–Crippen MR) is 81.1 cm³/mol. The van der Waals surface area contributed by atoms with Gasteiger partial charge >= 0.3 is 0 Å². The average Bonchev–Trinajstić information content (AvgIpc) is 2.83. The molecule has 2 fully saturated rings. The van der Waals surface area contributed by atoms with E-state index in [0.29, 0.717) is 0 Å². The second-order valence-electron chi connectivity index (χ2n) is 6.29. The number of hydrogen-bond acceptors (Lipinski definition) is 2. The molecule has 0 aromatic heterocycles. The SMILES string of the molecule is Nc1cccc(CCCN2CCC3CCCCC32)c1. The van der Waals surface area contributed by atoms with E-state index in [1.807, 2.05) is 6.07 Å². The minimum absolute atomic E-state index is 0.894. The Labute approximate surface area is 117 Å². The summed E-state index contributed by atoms with van der Waals surface area (Å²) in [5.41, 5.74) is 8.11.